The topological polar surface area (TPSA) is 88.5 Å². The third-order valence-electron chi connectivity index (χ3n) is 5.45. The Kier molecular flexibility index (Phi) is 4.54. The van der Waals surface area contributed by atoms with Crippen molar-refractivity contribution >= 4 is 23.6 Å². The lowest BCUT2D eigenvalue weighted by Gasteiger charge is -2.46. The number of aliphatic hydroxyl groups excluding tert-OH is 1. The van der Waals surface area contributed by atoms with Crippen LogP contribution in [0.15, 0.2) is 23.3 Å². The minimum atomic E-state index is -0.734. The van der Waals surface area contributed by atoms with Crippen molar-refractivity contribution in [2.24, 2.45) is 11.8 Å². The molecule has 1 N–H and O–H groups in total. The van der Waals surface area contributed by atoms with E-state index in [2.05, 4.69) is 4.98 Å². The zero-order chi connectivity index (χ0) is 19.5. The summed E-state index contributed by atoms with van der Waals surface area (Å²) in [6, 6.07) is -0.177. The maximum absolute atomic E-state index is 12.8. The van der Waals surface area contributed by atoms with Crippen molar-refractivity contribution in [3.8, 4) is 0 Å². The smallest absolute Gasteiger partial charge is 0.356 e. The Morgan fingerprint density at radius 3 is 2.81 bits per heavy atom. The number of aliphatic hydroxyl groups is 1. The molecule has 1 saturated heterocycles. The highest BCUT2D eigenvalue weighted by Crippen LogP contribution is 2.51. The van der Waals surface area contributed by atoms with Crippen LogP contribution in [0.25, 0.3) is 0 Å². The highest BCUT2D eigenvalue weighted by atomic mass is 32.2. The molecule has 3 aliphatic heterocycles. The van der Waals surface area contributed by atoms with Gasteiger partial charge in [0.05, 0.1) is 36.0 Å². The zero-order valence-corrected chi connectivity index (χ0v) is 16.7. The molecule has 0 saturated carbocycles. The monoisotopic (exact) mass is 393 g/mol. The fourth-order valence-electron chi connectivity index (χ4n) is 4.29. The van der Waals surface area contributed by atoms with Crippen LogP contribution in [-0.4, -0.2) is 55.0 Å². The lowest BCUT2D eigenvalue weighted by Crippen LogP contribution is -2.63. The van der Waals surface area contributed by atoms with Crippen molar-refractivity contribution in [2.75, 3.05) is 0 Å². The molecule has 0 aliphatic carbocycles. The number of amides is 1. The molecule has 1 aromatic rings. The summed E-state index contributed by atoms with van der Waals surface area (Å²) in [6.07, 6.45) is 2.59. The SMILES string of the molecule is CC(C)OC(=O)C1=C(SC2Cn3cnc[n+]3C2)[C@H](C)[C@@H]2[C@@H]([C@@H](C)O)C(=O)N12. The maximum atomic E-state index is 12.8. The number of carbonyl (C=O) groups excluding carboxylic acids is 2. The Bertz CT molecular complexity index is 798. The van der Waals surface area contributed by atoms with Gasteiger partial charge in [-0.25, -0.2) is 4.79 Å². The van der Waals surface area contributed by atoms with Crippen LogP contribution >= 0.6 is 11.8 Å². The maximum Gasteiger partial charge on any atom is 0.356 e. The van der Waals surface area contributed by atoms with Gasteiger partial charge in [0.2, 0.25) is 12.2 Å². The molecule has 9 heteroatoms. The second kappa shape index (κ2) is 6.63. The molecule has 3 aliphatic rings. The quantitative estimate of drug-likeness (QED) is 0.440. The second-order valence-corrected chi connectivity index (χ2v) is 9.13. The van der Waals surface area contributed by atoms with Crippen LogP contribution in [0.1, 0.15) is 27.7 Å². The number of hydrogen-bond acceptors (Lipinski definition) is 6. The van der Waals surface area contributed by atoms with Gasteiger partial charge in [-0.15, -0.1) is 11.8 Å². The first-order valence-corrected chi connectivity index (χ1v) is 10.2. The molecule has 0 radical (unpaired) electrons. The molecule has 146 valence electrons. The van der Waals surface area contributed by atoms with Gasteiger partial charge in [-0.1, -0.05) is 6.92 Å². The lowest BCUT2D eigenvalue weighted by atomic mass is 9.79. The minimum absolute atomic E-state index is 0.00917. The molecule has 4 rings (SSSR count). The number of nitrogens with zero attached hydrogens (tertiary/aromatic N) is 4. The number of hydrogen-bond donors (Lipinski definition) is 1. The van der Waals surface area contributed by atoms with E-state index >= 15 is 0 Å². The standard InChI is InChI=1S/C18H25N4O4S/c1-9(2)26-18(25)15-16(27-12-5-20-7-19-8-21(20)6-12)10(3)14-13(11(4)23)17(24)22(14)15/h7-14,23H,5-6H2,1-4H3/q+1/t10-,11-,13-,14-/m1/s1. The van der Waals surface area contributed by atoms with Gasteiger partial charge in [0.15, 0.2) is 0 Å². The van der Waals surface area contributed by atoms with E-state index in [-0.39, 0.29) is 29.2 Å². The Morgan fingerprint density at radius 2 is 2.19 bits per heavy atom. The van der Waals surface area contributed by atoms with Gasteiger partial charge in [-0.3, -0.25) is 4.79 Å². The molecule has 27 heavy (non-hydrogen) atoms. The number of thioether (sulfide) groups is 1. The Morgan fingerprint density at radius 1 is 1.44 bits per heavy atom. The molecule has 8 nitrogen and oxygen atoms in total. The molecule has 4 atom stereocenters. The average molecular weight is 393 g/mol. The summed E-state index contributed by atoms with van der Waals surface area (Å²) in [5, 5.41) is 10.3. The normalized spacial score (nSPS) is 30.4. The lowest BCUT2D eigenvalue weighted by molar-refractivity contribution is -0.758. The predicted octanol–water partition coefficient (Wildman–Crippen LogP) is 0.307. The van der Waals surface area contributed by atoms with Crippen molar-refractivity contribution in [1.29, 1.82) is 0 Å². The van der Waals surface area contributed by atoms with Crippen molar-refractivity contribution in [3.63, 3.8) is 0 Å². The summed E-state index contributed by atoms with van der Waals surface area (Å²) >= 11 is 1.64. The molecule has 1 amide bonds. The average Bonchev–Trinajstić information content (AvgIpc) is 3.20. The van der Waals surface area contributed by atoms with E-state index in [1.165, 1.54) is 0 Å². The molecule has 1 aromatic heterocycles. The zero-order valence-electron chi connectivity index (χ0n) is 15.9. The summed E-state index contributed by atoms with van der Waals surface area (Å²) in [6.45, 7) is 8.86. The number of ether oxygens (including phenoxy) is 1. The summed E-state index contributed by atoms with van der Waals surface area (Å²) in [4.78, 5) is 32.0. The van der Waals surface area contributed by atoms with Crippen molar-refractivity contribution in [2.45, 2.75) is 64.3 Å². The van der Waals surface area contributed by atoms with Gasteiger partial charge in [0.1, 0.15) is 12.2 Å². The van der Waals surface area contributed by atoms with E-state index in [4.69, 9.17) is 4.74 Å². The molecule has 0 spiro atoms. The highest BCUT2D eigenvalue weighted by Gasteiger charge is 2.60. The molecule has 1 fully saturated rings. The summed E-state index contributed by atoms with van der Waals surface area (Å²) in [7, 11) is 0. The van der Waals surface area contributed by atoms with Crippen molar-refractivity contribution < 1.29 is 24.1 Å². The van der Waals surface area contributed by atoms with Crippen LogP contribution in [0.2, 0.25) is 0 Å². The van der Waals surface area contributed by atoms with Crippen LogP contribution in [0.4, 0.5) is 0 Å². The number of carbonyl (C=O) groups is 2. The number of β-lactam (4-membered cyclic amide) rings is 1. The number of rotatable bonds is 5. The van der Waals surface area contributed by atoms with Gasteiger partial charge < -0.3 is 14.7 Å². The van der Waals surface area contributed by atoms with Gasteiger partial charge in [-0.05, 0) is 25.8 Å². The third kappa shape index (κ3) is 2.87. The van der Waals surface area contributed by atoms with Gasteiger partial charge >= 0.3 is 12.3 Å². The summed E-state index contributed by atoms with van der Waals surface area (Å²) in [5.74, 6) is -1.11. The Balaban J connectivity index is 1.63. The van der Waals surface area contributed by atoms with E-state index in [1.807, 2.05) is 16.3 Å². The van der Waals surface area contributed by atoms with Gasteiger partial charge in [0, 0.05) is 10.8 Å². The van der Waals surface area contributed by atoms with E-state index < -0.39 is 18.0 Å². The minimum Gasteiger partial charge on any atom is -0.458 e. The Labute approximate surface area is 162 Å². The van der Waals surface area contributed by atoms with Gasteiger partial charge in [-0.2, -0.15) is 9.36 Å². The third-order valence-corrected chi connectivity index (χ3v) is 6.90. The predicted molar refractivity (Wildman–Crippen MR) is 97.0 cm³/mol. The molecular weight excluding hydrogens is 368 g/mol. The molecule has 0 unspecified atom stereocenters. The van der Waals surface area contributed by atoms with Crippen molar-refractivity contribution in [3.05, 3.63) is 23.3 Å². The molecule has 0 bridgehead atoms. The fourth-order valence-corrected chi connectivity index (χ4v) is 5.75. The van der Waals surface area contributed by atoms with E-state index in [1.54, 1.807) is 50.1 Å². The summed E-state index contributed by atoms with van der Waals surface area (Å²) in [5.41, 5.74) is 0.368. The van der Waals surface area contributed by atoms with Crippen LogP contribution in [0.5, 0.6) is 0 Å². The van der Waals surface area contributed by atoms with Crippen LogP contribution in [0, 0.1) is 11.8 Å². The highest BCUT2D eigenvalue weighted by molar-refractivity contribution is 8.03. The van der Waals surface area contributed by atoms with E-state index in [0.717, 1.165) is 18.0 Å². The Hall–Kier alpha value is -1.87. The summed E-state index contributed by atoms with van der Waals surface area (Å²) < 4.78 is 9.52. The van der Waals surface area contributed by atoms with Gasteiger partial charge in [0.25, 0.3) is 0 Å². The van der Waals surface area contributed by atoms with E-state index in [0.29, 0.717) is 5.70 Å². The first-order chi connectivity index (χ1) is 12.8. The number of fused-ring (bicyclic) bond motifs is 2. The fraction of sp³-hybridized carbons (Fsp3) is 0.667. The number of esters is 1. The first kappa shape index (κ1) is 18.5. The van der Waals surface area contributed by atoms with Crippen LogP contribution in [-0.2, 0) is 27.4 Å². The molecule has 4 heterocycles. The number of aromatic nitrogens is 3. The molecular formula is C18H25N4O4S+. The molecule has 0 aromatic carbocycles. The van der Waals surface area contributed by atoms with E-state index in [9.17, 15) is 14.7 Å². The van der Waals surface area contributed by atoms with Crippen molar-refractivity contribution in [1.82, 2.24) is 14.6 Å². The first-order valence-electron chi connectivity index (χ1n) is 9.32. The largest absolute Gasteiger partial charge is 0.458 e. The van der Waals surface area contributed by atoms with Crippen LogP contribution in [0.3, 0.4) is 0 Å². The van der Waals surface area contributed by atoms with Crippen LogP contribution < -0.4 is 4.68 Å². The second-order valence-electron chi connectivity index (χ2n) is 7.78.